The Morgan fingerprint density at radius 2 is 1.61 bits per heavy atom. The Morgan fingerprint density at radius 1 is 0.893 bits per heavy atom. The smallest absolute Gasteiger partial charge is 0.311 e. The molecule has 3 N–H and O–H groups in total. The molecule has 0 unspecified atom stereocenters. The van der Waals surface area contributed by atoms with Crippen LogP contribution in [0.4, 0.5) is 0 Å². The molecule has 0 aromatic heterocycles. The number of carboxylic acid groups (broad SMARTS) is 1. The summed E-state index contributed by atoms with van der Waals surface area (Å²) in [6, 6.07) is 17.3. The molecule has 4 rings (SSSR count). The Bertz CT molecular complexity index is 1090. The number of rotatable bonds is 4. The zero-order valence-corrected chi connectivity index (χ0v) is 14.9. The molecular formula is C23H18O5. The molecule has 0 bridgehead atoms. The highest BCUT2D eigenvalue weighted by atomic mass is 16.4. The Labute approximate surface area is 161 Å². The lowest BCUT2D eigenvalue weighted by molar-refractivity contribution is -0.138. The van der Waals surface area contributed by atoms with Crippen molar-refractivity contribution in [2.45, 2.75) is 18.8 Å². The number of aromatic hydroxyl groups is 2. The van der Waals surface area contributed by atoms with Gasteiger partial charge in [-0.2, -0.15) is 0 Å². The van der Waals surface area contributed by atoms with E-state index in [1.54, 1.807) is 24.3 Å². The topological polar surface area (TPSA) is 94.8 Å². The normalized spacial score (nSPS) is 13.5. The second-order valence-corrected chi connectivity index (χ2v) is 6.94. The summed E-state index contributed by atoms with van der Waals surface area (Å²) in [6.07, 6.45) is 0.577. The largest absolute Gasteiger partial charge is 0.507 e. The van der Waals surface area contributed by atoms with Crippen molar-refractivity contribution in [3.05, 3.63) is 94.0 Å². The number of fused-ring (bicyclic) bond motifs is 2. The number of aliphatic carboxylic acids is 1. The third-order valence-corrected chi connectivity index (χ3v) is 5.22. The molecule has 0 saturated carbocycles. The fourth-order valence-corrected chi connectivity index (χ4v) is 3.84. The molecule has 5 nitrogen and oxygen atoms in total. The SMILES string of the molecule is O=C1c2c(O)cccc2Cc2ccc([C@H](Cc3ccccc3)C(=O)O)c(O)c21. The van der Waals surface area contributed by atoms with E-state index in [4.69, 9.17) is 0 Å². The summed E-state index contributed by atoms with van der Waals surface area (Å²) in [5, 5.41) is 30.7. The molecule has 1 atom stereocenters. The quantitative estimate of drug-likeness (QED) is 0.507. The molecule has 0 heterocycles. The van der Waals surface area contributed by atoms with E-state index in [2.05, 4.69) is 0 Å². The van der Waals surface area contributed by atoms with Gasteiger partial charge in [-0.15, -0.1) is 0 Å². The van der Waals surface area contributed by atoms with E-state index in [1.165, 1.54) is 6.07 Å². The molecule has 0 saturated heterocycles. The minimum absolute atomic E-state index is 0.0748. The lowest BCUT2D eigenvalue weighted by atomic mass is 9.80. The van der Waals surface area contributed by atoms with Crippen LogP contribution in [0.1, 0.15) is 44.1 Å². The lowest BCUT2D eigenvalue weighted by Crippen LogP contribution is -2.19. The van der Waals surface area contributed by atoms with Crippen molar-refractivity contribution in [2.75, 3.05) is 0 Å². The van der Waals surface area contributed by atoms with Gasteiger partial charge in [-0.1, -0.05) is 54.6 Å². The number of carbonyl (C=O) groups is 2. The Morgan fingerprint density at radius 3 is 2.32 bits per heavy atom. The second kappa shape index (κ2) is 6.85. The predicted molar refractivity (Wildman–Crippen MR) is 103 cm³/mol. The van der Waals surface area contributed by atoms with E-state index in [0.29, 0.717) is 17.5 Å². The Hall–Kier alpha value is -3.60. The summed E-state index contributed by atoms with van der Waals surface area (Å²) in [5.74, 6) is -3.02. The van der Waals surface area contributed by atoms with Crippen LogP contribution in [0.3, 0.4) is 0 Å². The number of hydrogen-bond acceptors (Lipinski definition) is 4. The van der Waals surface area contributed by atoms with Gasteiger partial charge in [0.05, 0.1) is 17.0 Å². The number of phenols is 2. The van der Waals surface area contributed by atoms with Gasteiger partial charge in [0.15, 0.2) is 0 Å². The highest BCUT2D eigenvalue weighted by Crippen LogP contribution is 2.40. The number of hydrogen-bond donors (Lipinski definition) is 3. The number of carbonyl (C=O) groups excluding carboxylic acids is 1. The van der Waals surface area contributed by atoms with Crippen LogP contribution in [0.15, 0.2) is 60.7 Å². The van der Waals surface area contributed by atoms with Gasteiger partial charge in [0.1, 0.15) is 11.5 Å². The summed E-state index contributed by atoms with van der Waals surface area (Å²) >= 11 is 0. The van der Waals surface area contributed by atoms with Crippen molar-refractivity contribution in [3.8, 4) is 11.5 Å². The van der Waals surface area contributed by atoms with E-state index < -0.39 is 17.7 Å². The second-order valence-electron chi connectivity index (χ2n) is 6.94. The first-order valence-corrected chi connectivity index (χ1v) is 8.94. The molecule has 0 fully saturated rings. The molecular weight excluding hydrogens is 356 g/mol. The fraction of sp³-hybridized carbons (Fsp3) is 0.130. The number of carboxylic acids is 1. The van der Waals surface area contributed by atoms with Crippen LogP contribution in [0.2, 0.25) is 0 Å². The van der Waals surface area contributed by atoms with Crippen LogP contribution < -0.4 is 0 Å². The predicted octanol–water partition coefficient (Wildman–Crippen LogP) is 3.64. The molecule has 1 aliphatic rings. The van der Waals surface area contributed by atoms with Crippen molar-refractivity contribution in [2.24, 2.45) is 0 Å². The molecule has 0 aliphatic heterocycles. The summed E-state index contributed by atoms with van der Waals surface area (Å²) in [5.41, 5.74) is 2.56. The van der Waals surface area contributed by atoms with Crippen LogP contribution in [-0.4, -0.2) is 27.1 Å². The third kappa shape index (κ3) is 2.91. The van der Waals surface area contributed by atoms with Crippen molar-refractivity contribution in [1.29, 1.82) is 0 Å². The van der Waals surface area contributed by atoms with Gasteiger partial charge < -0.3 is 15.3 Å². The molecule has 140 valence electrons. The van der Waals surface area contributed by atoms with Gasteiger partial charge in [-0.3, -0.25) is 9.59 Å². The molecule has 28 heavy (non-hydrogen) atoms. The first-order valence-electron chi connectivity index (χ1n) is 8.94. The van der Waals surface area contributed by atoms with Crippen LogP contribution in [0, 0.1) is 0 Å². The monoisotopic (exact) mass is 374 g/mol. The van der Waals surface area contributed by atoms with E-state index in [1.807, 2.05) is 30.3 Å². The van der Waals surface area contributed by atoms with E-state index in [0.717, 1.165) is 5.56 Å². The average molecular weight is 374 g/mol. The van der Waals surface area contributed by atoms with E-state index in [-0.39, 0.29) is 34.6 Å². The van der Waals surface area contributed by atoms with Gasteiger partial charge in [0, 0.05) is 5.56 Å². The van der Waals surface area contributed by atoms with Gasteiger partial charge in [-0.25, -0.2) is 0 Å². The maximum Gasteiger partial charge on any atom is 0.311 e. The van der Waals surface area contributed by atoms with Crippen LogP contribution in [0.25, 0.3) is 0 Å². The summed E-state index contributed by atoms with van der Waals surface area (Å²) < 4.78 is 0. The van der Waals surface area contributed by atoms with Crippen LogP contribution in [-0.2, 0) is 17.6 Å². The van der Waals surface area contributed by atoms with Crippen molar-refractivity contribution < 1.29 is 24.9 Å². The van der Waals surface area contributed by atoms with Crippen molar-refractivity contribution >= 4 is 11.8 Å². The van der Waals surface area contributed by atoms with Crippen molar-refractivity contribution in [3.63, 3.8) is 0 Å². The molecule has 0 spiro atoms. The van der Waals surface area contributed by atoms with Crippen molar-refractivity contribution in [1.82, 2.24) is 0 Å². The van der Waals surface area contributed by atoms with E-state index >= 15 is 0 Å². The highest BCUT2D eigenvalue weighted by molar-refractivity contribution is 6.15. The Balaban J connectivity index is 1.80. The summed E-state index contributed by atoms with van der Waals surface area (Å²) in [4.78, 5) is 24.9. The Kier molecular flexibility index (Phi) is 4.35. The molecule has 1 aliphatic carbocycles. The summed E-state index contributed by atoms with van der Waals surface area (Å²) in [7, 11) is 0. The lowest BCUT2D eigenvalue weighted by Gasteiger charge is -2.23. The molecule has 3 aromatic rings. The minimum atomic E-state index is -1.08. The average Bonchev–Trinajstić information content (AvgIpc) is 2.67. The van der Waals surface area contributed by atoms with Gasteiger partial charge in [0.2, 0.25) is 5.78 Å². The summed E-state index contributed by atoms with van der Waals surface area (Å²) in [6.45, 7) is 0. The maximum atomic E-state index is 13.0. The molecule has 0 radical (unpaired) electrons. The number of benzene rings is 3. The van der Waals surface area contributed by atoms with Gasteiger partial charge in [0.25, 0.3) is 0 Å². The third-order valence-electron chi connectivity index (χ3n) is 5.22. The minimum Gasteiger partial charge on any atom is -0.507 e. The number of ketones is 1. The molecule has 3 aromatic carbocycles. The van der Waals surface area contributed by atoms with Gasteiger partial charge in [-0.05, 0) is 35.6 Å². The fourth-order valence-electron chi connectivity index (χ4n) is 3.84. The van der Waals surface area contributed by atoms with Crippen LogP contribution >= 0.6 is 0 Å². The molecule has 5 heteroatoms. The zero-order valence-electron chi connectivity index (χ0n) is 14.9. The maximum absolute atomic E-state index is 13.0. The zero-order chi connectivity index (χ0) is 19.8. The number of phenolic OH excluding ortho intramolecular Hbond substituents is 2. The standard InChI is InChI=1S/C23H18O5/c24-18-8-4-7-14-12-15-9-10-16(21(25)20(15)22(26)19(14)18)17(23(27)28)11-13-5-2-1-3-6-13/h1-10,17,24-25H,11-12H2,(H,27,28)/t17-/m0/s1. The highest BCUT2D eigenvalue weighted by Gasteiger charge is 2.32. The van der Waals surface area contributed by atoms with Crippen LogP contribution in [0.5, 0.6) is 11.5 Å². The first kappa shape index (κ1) is 17.8. The molecule has 0 amide bonds. The van der Waals surface area contributed by atoms with E-state index in [9.17, 15) is 24.9 Å². The first-order chi connectivity index (χ1) is 13.5. The van der Waals surface area contributed by atoms with Gasteiger partial charge >= 0.3 is 5.97 Å².